The normalized spacial score (nSPS) is 17.7. The molecule has 124 valence electrons. The Morgan fingerprint density at radius 1 is 1.43 bits per heavy atom. The average molecular weight is 324 g/mol. The maximum absolute atomic E-state index is 13.8. The van der Waals surface area contributed by atoms with E-state index in [2.05, 4.69) is 11.9 Å². The Bertz CT molecular complexity index is 607. The van der Waals surface area contributed by atoms with E-state index in [1.165, 1.54) is 6.07 Å². The third-order valence-corrected chi connectivity index (χ3v) is 3.55. The van der Waals surface area contributed by atoms with Gasteiger partial charge in [-0.05, 0) is 12.1 Å². The predicted molar refractivity (Wildman–Crippen MR) is 79.5 cm³/mol. The molecule has 0 saturated carbocycles. The number of halogens is 2. The van der Waals surface area contributed by atoms with Crippen LogP contribution in [0.1, 0.15) is 18.1 Å². The summed E-state index contributed by atoms with van der Waals surface area (Å²) in [5, 5.41) is 2.52. The van der Waals surface area contributed by atoms with Crippen LogP contribution in [0.3, 0.4) is 0 Å². The summed E-state index contributed by atoms with van der Waals surface area (Å²) in [6.45, 7) is 4.38. The standard InChI is InChI=1S/C16H18F2N2O3/c1-2-15(21)19-6-5-16(22)20-7-8-23-14(10-20)12-4-3-11(17)9-13(12)18/h2-4,9,14H,1,5-8,10H2,(H,19,21). The Morgan fingerprint density at radius 2 is 2.22 bits per heavy atom. The van der Waals surface area contributed by atoms with Crippen molar-refractivity contribution < 1.29 is 23.1 Å². The molecule has 1 N–H and O–H groups in total. The summed E-state index contributed by atoms with van der Waals surface area (Å²) in [6.07, 6.45) is 0.640. The first-order chi connectivity index (χ1) is 11.0. The number of nitrogens with zero attached hydrogens (tertiary/aromatic N) is 1. The van der Waals surface area contributed by atoms with Gasteiger partial charge in [-0.15, -0.1) is 0 Å². The van der Waals surface area contributed by atoms with Gasteiger partial charge in [-0.25, -0.2) is 8.78 Å². The lowest BCUT2D eigenvalue weighted by atomic mass is 10.1. The van der Waals surface area contributed by atoms with Crippen LogP contribution in [-0.2, 0) is 14.3 Å². The van der Waals surface area contributed by atoms with Crippen molar-refractivity contribution in [3.63, 3.8) is 0 Å². The summed E-state index contributed by atoms with van der Waals surface area (Å²) in [6, 6.07) is 3.28. The van der Waals surface area contributed by atoms with E-state index in [-0.39, 0.29) is 43.5 Å². The molecular weight excluding hydrogens is 306 g/mol. The highest BCUT2D eigenvalue weighted by molar-refractivity contribution is 5.87. The van der Waals surface area contributed by atoms with Crippen molar-refractivity contribution in [1.29, 1.82) is 0 Å². The van der Waals surface area contributed by atoms with Crippen LogP contribution in [0.5, 0.6) is 0 Å². The first kappa shape index (κ1) is 17.1. The van der Waals surface area contributed by atoms with Gasteiger partial charge in [-0.1, -0.05) is 12.6 Å². The van der Waals surface area contributed by atoms with Crippen LogP contribution < -0.4 is 5.32 Å². The molecule has 1 atom stereocenters. The molecule has 0 radical (unpaired) electrons. The molecule has 0 aromatic heterocycles. The molecule has 7 heteroatoms. The second-order valence-corrected chi connectivity index (χ2v) is 5.11. The zero-order chi connectivity index (χ0) is 16.8. The molecule has 5 nitrogen and oxygen atoms in total. The molecule has 1 aromatic rings. The molecule has 0 bridgehead atoms. The first-order valence-corrected chi connectivity index (χ1v) is 7.26. The average Bonchev–Trinajstić information content (AvgIpc) is 2.54. The number of carbonyl (C=O) groups excluding carboxylic acids is 2. The maximum Gasteiger partial charge on any atom is 0.243 e. The molecule has 1 fully saturated rings. The van der Waals surface area contributed by atoms with Gasteiger partial charge >= 0.3 is 0 Å². The third kappa shape index (κ3) is 4.59. The van der Waals surface area contributed by atoms with Gasteiger partial charge in [0.1, 0.15) is 17.7 Å². The zero-order valence-corrected chi connectivity index (χ0v) is 12.6. The summed E-state index contributed by atoms with van der Waals surface area (Å²) < 4.78 is 32.3. The summed E-state index contributed by atoms with van der Waals surface area (Å²) in [5.41, 5.74) is 0.226. The van der Waals surface area contributed by atoms with E-state index in [4.69, 9.17) is 4.74 Å². The molecular formula is C16H18F2N2O3. The minimum atomic E-state index is -0.692. The van der Waals surface area contributed by atoms with Crippen LogP contribution in [0.4, 0.5) is 8.78 Å². The van der Waals surface area contributed by atoms with E-state index in [0.717, 1.165) is 18.2 Å². The van der Waals surface area contributed by atoms with E-state index in [1.807, 2.05) is 0 Å². The predicted octanol–water partition coefficient (Wildman–Crippen LogP) is 1.56. The van der Waals surface area contributed by atoms with Crippen LogP contribution in [-0.4, -0.2) is 43.0 Å². The monoisotopic (exact) mass is 324 g/mol. The molecule has 23 heavy (non-hydrogen) atoms. The third-order valence-electron chi connectivity index (χ3n) is 3.55. The van der Waals surface area contributed by atoms with E-state index in [0.29, 0.717) is 6.54 Å². The number of hydrogen-bond donors (Lipinski definition) is 1. The van der Waals surface area contributed by atoms with Crippen LogP contribution in [0.15, 0.2) is 30.9 Å². The summed E-state index contributed by atoms with van der Waals surface area (Å²) in [4.78, 5) is 24.7. The van der Waals surface area contributed by atoms with Crippen molar-refractivity contribution in [3.8, 4) is 0 Å². The minimum Gasteiger partial charge on any atom is -0.370 e. The van der Waals surface area contributed by atoms with Crippen molar-refractivity contribution in [2.75, 3.05) is 26.2 Å². The number of benzene rings is 1. The summed E-state index contributed by atoms with van der Waals surface area (Å²) in [7, 11) is 0. The van der Waals surface area contributed by atoms with Crippen molar-refractivity contribution in [1.82, 2.24) is 10.2 Å². The largest absolute Gasteiger partial charge is 0.370 e. The molecule has 1 aliphatic heterocycles. The highest BCUT2D eigenvalue weighted by Crippen LogP contribution is 2.25. The van der Waals surface area contributed by atoms with Gasteiger partial charge in [0.25, 0.3) is 0 Å². The Hall–Kier alpha value is -2.28. The second kappa shape index (κ2) is 7.82. The fraction of sp³-hybridized carbons (Fsp3) is 0.375. The highest BCUT2D eigenvalue weighted by Gasteiger charge is 2.27. The van der Waals surface area contributed by atoms with Crippen molar-refractivity contribution in [3.05, 3.63) is 48.1 Å². The van der Waals surface area contributed by atoms with E-state index in [9.17, 15) is 18.4 Å². The van der Waals surface area contributed by atoms with Gasteiger partial charge in [0, 0.05) is 31.1 Å². The lowest BCUT2D eigenvalue weighted by molar-refractivity contribution is -0.139. The summed E-state index contributed by atoms with van der Waals surface area (Å²) >= 11 is 0. The lowest BCUT2D eigenvalue weighted by Gasteiger charge is -2.33. The fourth-order valence-corrected chi connectivity index (χ4v) is 2.35. The zero-order valence-electron chi connectivity index (χ0n) is 12.6. The lowest BCUT2D eigenvalue weighted by Crippen LogP contribution is -2.43. The Labute approximate surface area is 132 Å². The van der Waals surface area contributed by atoms with E-state index < -0.39 is 17.7 Å². The van der Waals surface area contributed by atoms with Crippen molar-refractivity contribution in [2.45, 2.75) is 12.5 Å². The molecule has 1 unspecified atom stereocenters. The minimum absolute atomic E-state index is 0.137. The quantitative estimate of drug-likeness (QED) is 0.836. The number of ether oxygens (including phenoxy) is 1. The Morgan fingerprint density at radius 3 is 2.91 bits per heavy atom. The molecule has 1 aromatic carbocycles. The van der Waals surface area contributed by atoms with Gasteiger partial charge in [-0.2, -0.15) is 0 Å². The topological polar surface area (TPSA) is 58.6 Å². The first-order valence-electron chi connectivity index (χ1n) is 7.26. The molecule has 0 spiro atoms. The van der Waals surface area contributed by atoms with E-state index in [1.54, 1.807) is 4.90 Å². The molecule has 2 rings (SSSR count). The van der Waals surface area contributed by atoms with Gasteiger partial charge in [0.2, 0.25) is 11.8 Å². The van der Waals surface area contributed by atoms with Crippen LogP contribution in [0.2, 0.25) is 0 Å². The number of carbonyl (C=O) groups is 2. The number of nitrogens with one attached hydrogen (secondary N) is 1. The van der Waals surface area contributed by atoms with Crippen LogP contribution >= 0.6 is 0 Å². The second-order valence-electron chi connectivity index (χ2n) is 5.11. The van der Waals surface area contributed by atoms with Gasteiger partial charge in [0.05, 0.1) is 13.2 Å². The Balaban J connectivity index is 1.93. The molecule has 1 heterocycles. The highest BCUT2D eigenvalue weighted by atomic mass is 19.1. The molecule has 1 aliphatic rings. The molecule has 0 aliphatic carbocycles. The summed E-state index contributed by atoms with van der Waals surface area (Å²) in [5.74, 6) is -1.85. The maximum atomic E-state index is 13.8. The van der Waals surface area contributed by atoms with Crippen molar-refractivity contribution >= 4 is 11.8 Å². The van der Waals surface area contributed by atoms with Gasteiger partial charge in [-0.3, -0.25) is 9.59 Å². The fourth-order valence-electron chi connectivity index (χ4n) is 2.35. The Kier molecular flexibility index (Phi) is 5.81. The van der Waals surface area contributed by atoms with Gasteiger partial charge in [0.15, 0.2) is 0 Å². The SMILES string of the molecule is C=CC(=O)NCCC(=O)N1CCOC(c2ccc(F)cc2F)C1. The molecule has 2 amide bonds. The van der Waals surface area contributed by atoms with Gasteiger partial charge < -0.3 is 15.0 Å². The number of morpholine rings is 1. The molecule has 1 saturated heterocycles. The van der Waals surface area contributed by atoms with Crippen LogP contribution in [0.25, 0.3) is 0 Å². The number of rotatable bonds is 5. The van der Waals surface area contributed by atoms with Crippen LogP contribution in [0, 0.1) is 11.6 Å². The number of hydrogen-bond acceptors (Lipinski definition) is 3. The number of amides is 2. The van der Waals surface area contributed by atoms with E-state index >= 15 is 0 Å². The van der Waals surface area contributed by atoms with Crippen molar-refractivity contribution in [2.24, 2.45) is 0 Å². The smallest absolute Gasteiger partial charge is 0.243 e.